The fourth-order valence-electron chi connectivity index (χ4n) is 3.14. The SMILES string of the molecule is Cc1ccsc1C(C(C)N)N1CCCCCC1CO. The van der Waals surface area contributed by atoms with Gasteiger partial charge in [-0.05, 0) is 50.2 Å². The second-order valence-corrected chi connectivity index (χ2v) is 6.64. The third-order valence-electron chi connectivity index (χ3n) is 4.16. The number of nitrogens with two attached hydrogens (primary N) is 1. The highest BCUT2D eigenvalue weighted by Crippen LogP contribution is 2.34. The van der Waals surface area contributed by atoms with E-state index in [1.807, 2.05) is 0 Å². The number of aliphatic hydroxyl groups is 1. The van der Waals surface area contributed by atoms with Crippen molar-refractivity contribution in [1.82, 2.24) is 4.90 Å². The first-order chi connectivity index (χ1) is 9.15. The van der Waals surface area contributed by atoms with Gasteiger partial charge in [-0.1, -0.05) is 12.8 Å². The molecule has 0 aliphatic carbocycles. The van der Waals surface area contributed by atoms with Crippen LogP contribution in [-0.2, 0) is 0 Å². The van der Waals surface area contributed by atoms with Crippen LogP contribution in [0, 0.1) is 6.92 Å². The van der Waals surface area contributed by atoms with Crippen LogP contribution in [-0.4, -0.2) is 35.2 Å². The molecular weight excluding hydrogens is 256 g/mol. The molecule has 0 radical (unpaired) electrons. The first kappa shape index (κ1) is 15.0. The molecule has 3 nitrogen and oxygen atoms in total. The molecule has 4 heteroatoms. The molecule has 1 fully saturated rings. The Morgan fingerprint density at radius 1 is 1.47 bits per heavy atom. The average molecular weight is 282 g/mol. The minimum atomic E-state index is 0.0875. The Kier molecular flexibility index (Phi) is 5.39. The summed E-state index contributed by atoms with van der Waals surface area (Å²) in [5.41, 5.74) is 7.61. The summed E-state index contributed by atoms with van der Waals surface area (Å²) in [6.07, 6.45) is 4.78. The van der Waals surface area contributed by atoms with Crippen molar-refractivity contribution in [3.63, 3.8) is 0 Å². The van der Waals surface area contributed by atoms with E-state index in [-0.39, 0.29) is 24.7 Å². The van der Waals surface area contributed by atoms with Gasteiger partial charge in [0.2, 0.25) is 0 Å². The number of thiophene rings is 1. The molecule has 1 aromatic rings. The molecule has 3 atom stereocenters. The molecule has 1 aromatic heterocycles. The van der Waals surface area contributed by atoms with Crippen molar-refractivity contribution < 1.29 is 5.11 Å². The van der Waals surface area contributed by atoms with Gasteiger partial charge in [-0.25, -0.2) is 0 Å². The summed E-state index contributed by atoms with van der Waals surface area (Å²) >= 11 is 1.80. The fraction of sp³-hybridized carbons (Fsp3) is 0.733. The van der Waals surface area contributed by atoms with Crippen LogP contribution in [0.4, 0.5) is 0 Å². The van der Waals surface area contributed by atoms with Crippen LogP contribution < -0.4 is 5.73 Å². The maximum absolute atomic E-state index is 9.70. The molecule has 0 amide bonds. The molecule has 1 aliphatic rings. The van der Waals surface area contributed by atoms with Crippen molar-refractivity contribution in [2.75, 3.05) is 13.2 Å². The topological polar surface area (TPSA) is 49.5 Å². The van der Waals surface area contributed by atoms with Crippen molar-refractivity contribution >= 4 is 11.3 Å². The van der Waals surface area contributed by atoms with Gasteiger partial charge in [0.05, 0.1) is 12.6 Å². The average Bonchev–Trinajstić information content (AvgIpc) is 2.65. The smallest absolute Gasteiger partial charge is 0.0596 e. The van der Waals surface area contributed by atoms with E-state index in [1.165, 1.54) is 29.7 Å². The minimum absolute atomic E-state index is 0.0875. The monoisotopic (exact) mass is 282 g/mol. The highest BCUT2D eigenvalue weighted by molar-refractivity contribution is 7.10. The van der Waals surface area contributed by atoms with E-state index >= 15 is 0 Å². The normalized spacial score (nSPS) is 24.9. The highest BCUT2D eigenvalue weighted by atomic mass is 32.1. The standard InChI is InChI=1S/C15H26N2OS/c1-11-7-9-19-15(11)14(12(2)16)17-8-5-3-4-6-13(17)10-18/h7,9,12-14,18H,3-6,8,10,16H2,1-2H3. The second kappa shape index (κ2) is 6.84. The molecule has 3 unspecified atom stereocenters. The van der Waals surface area contributed by atoms with Crippen molar-refractivity contribution in [3.8, 4) is 0 Å². The molecule has 0 aromatic carbocycles. The number of aryl methyl sites for hydroxylation is 1. The lowest BCUT2D eigenvalue weighted by Crippen LogP contribution is -2.46. The lowest BCUT2D eigenvalue weighted by molar-refractivity contribution is 0.0759. The quantitative estimate of drug-likeness (QED) is 0.892. The maximum atomic E-state index is 9.70. The first-order valence-corrected chi connectivity index (χ1v) is 8.19. The zero-order valence-corrected chi connectivity index (χ0v) is 12.8. The Bertz CT molecular complexity index is 391. The second-order valence-electron chi connectivity index (χ2n) is 5.70. The van der Waals surface area contributed by atoms with E-state index < -0.39 is 0 Å². The maximum Gasteiger partial charge on any atom is 0.0596 e. The molecule has 19 heavy (non-hydrogen) atoms. The number of hydrogen-bond donors (Lipinski definition) is 2. The Hall–Kier alpha value is -0.420. The molecule has 2 heterocycles. The van der Waals surface area contributed by atoms with Crippen LogP contribution in [0.3, 0.4) is 0 Å². The molecule has 1 saturated heterocycles. The first-order valence-electron chi connectivity index (χ1n) is 7.31. The largest absolute Gasteiger partial charge is 0.395 e. The Morgan fingerprint density at radius 3 is 2.84 bits per heavy atom. The third kappa shape index (κ3) is 3.37. The van der Waals surface area contributed by atoms with Gasteiger partial charge >= 0.3 is 0 Å². The Balaban J connectivity index is 2.29. The third-order valence-corrected chi connectivity index (χ3v) is 5.25. The van der Waals surface area contributed by atoms with Crippen molar-refractivity contribution in [2.45, 2.75) is 57.7 Å². The van der Waals surface area contributed by atoms with Gasteiger partial charge in [0, 0.05) is 17.0 Å². The molecule has 0 saturated carbocycles. The molecule has 108 valence electrons. The zero-order valence-electron chi connectivity index (χ0n) is 12.0. The van der Waals surface area contributed by atoms with E-state index in [2.05, 4.69) is 30.2 Å². The van der Waals surface area contributed by atoms with Crippen LogP contribution in [0.5, 0.6) is 0 Å². The predicted octanol–water partition coefficient (Wildman–Crippen LogP) is 2.68. The van der Waals surface area contributed by atoms with Crippen LogP contribution in [0.2, 0.25) is 0 Å². The summed E-state index contributed by atoms with van der Waals surface area (Å²) < 4.78 is 0. The zero-order chi connectivity index (χ0) is 13.8. The summed E-state index contributed by atoms with van der Waals surface area (Å²) in [4.78, 5) is 3.83. The minimum Gasteiger partial charge on any atom is -0.395 e. The van der Waals surface area contributed by atoms with Crippen LogP contribution >= 0.6 is 11.3 Å². The molecule has 3 N–H and O–H groups in total. The fourth-order valence-corrected chi connectivity index (χ4v) is 4.30. The van der Waals surface area contributed by atoms with E-state index in [0.717, 1.165) is 13.0 Å². The molecular formula is C15H26N2OS. The highest BCUT2D eigenvalue weighted by Gasteiger charge is 2.32. The summed E-state index contributed by atoms with van der Waals surface area (Å²) in [6, 6.07) is 2.76. The van der Waals surface area contributed by atoms with Gasteiger partial charge in [-0.3, -0.25) is 4.90 Å². The Labute approximate surface area is 120 Å². The number of hydrogen-bond acceptors (Lipinski definition) is 4. The van der Waals surface area contributed by atoms with Crippen molar-refractivity contribution in [1.29, 1.82) is 0 Å². The summed E-state index contributed by atoms with van der Waals surface area (Å²) in [6.45, 7) is 5.54. The lowest BCUT2D eigenvalue weighted by atomic mass is 10.0. The number of rotatable bonds is 4. The lowest BCUT2D eigenvalue weighted by Gasteiger charge is -2.38. The van der Waals surface area contributed by atoms with Gasteiger partial charge in [0.15, 0.2) is 0 Å². The van der Waals surface area contributed by atoms with Crippen LogP contribution in [0.1, 0.15) is 49.1 Å². The van der Waals surface area contributed by atoms with E-state index in [9.17, 15) is 5.11 Å². The van der Waals surface area contributed by atoms with Crippen molar-refractivity contribution in [3.05, 3.63) is 21.9 Å². The summed E-state index contributed by atoms with van der Waals surface area (Å²) in [5, 5.41) is 11.8. The van der Waals surface area contributed by atoms with Gasteiger partial charge in [0.25, 0.3) is 0 Å². The van der Waals surface area contributed by atoms with Crippen LogP contribution in [0.25, 0.3) is 0 Å². The predicted molar refractivity (Wildman–Crippen MR) is 81.5 cm³/mol. The van der Waals surface area contributed by atoms with E-state index in [1.54, 1.807) is 11.3 Å². The van der Waals surface area contributed by atoms with Gasteiger partial charge in [-0.2, -0.15) is 0 Å². The molecule has 2 rings (SSSR count). The van der Waals surface area contributed by atoms with Gasteiger partial charge < -0.3 is 10.8 Å². The number of likely N-dealkylation sites (tertiary alicyclic amines) is 1. The van der Waals surface area contributed by atoms with Gasteiger partial charge in [-0.15, -0.1) is 11.3 Å². The number of aliphatic hydroxyl groups excluding tert-OH is 1. The summed E-state index contributed by atoms with van der Waals surface area (Å²) in [7, 11) is 0. The number of nitrogens with zero attached hydrogens (tertiary/aromatic N) is 1. The Morgan fingerprint density at radius 2 is 2.26 bits per heavy atom. The molecule has 0 bridgehead atoms. The van der Waals surface area contributed by atoms with E-state index in [0.29, 0.717) is 0 Å². The molecule has 0 spiro atoms. The van der Waals surface area contributed by atoms with E-state index in [4.69, 9.17) is 5.73 Å². The van der Waals surface area contributed by atoms with Crippen molar-refractivity contribution in [2.24, 2.45) is 5.73 Å². The van der Waals surface area contributed by atoms with Crippen LogP contribution in [0.15, 0.2) is 11.4 Å². The summed E-state index contributed by atoms with van der Waals surface area (Å²) in [5.74, 6) is 0. The van der Waals surface area contributed by atoms with Gasteiger partial charge in [0.1, 0.15) is 0 Å². The molecule has 1 aliphatic heterocycles.